The van der Waals surface area contributed by atoms with Crippen LogP contribution in [0, 0.1) is 0 Å². The second-order valence-corrected chi connectivity index (χ2v) is 7.04. The highest BCUT2D eigenvalue weighted by Gasteiger charge is 2.24. The van der Waals surface area contributed by atoms with E-state index in [1.807, 2.05) is 44.2 Å². The normalized spacial score (nSPS) is 14.1. The maximum Gasteiger partial charge on any atom is 0.272 e. The van der Waals surface area contributed by atoms with Gasteiger partial charge in [0.1, 0.15) is 11.4 Å². The quantitative estimate of drug-likeness (QED) is 0.861. The Kier molecular flexibility index (Phi) is 6.13. The van der Waals surface area contributed by atoms with Crippen molar-refractivity contribution in [2.24, 2.45) is 0 Å². The summed E-state index contributed by atoms with van der Waals surface area (Å²) in [7, 11) is 0. The van der Waals surface area contributed by atoms with Gasteiger partial charge in [-0.1, -0.05) is 0 Å². The summed E-state index contributed by atoms with van der Waals surface area (Å²) in [5.74, 6) is 0.740. The second-order valence-electron chi connectivity index (χ2n) is 7.04. The van der Waals surface area contributed by atoms with Crippen molar-refractivity contribution < 1.29 is 14.3 Å². The first kappa shape index (κ1) is 19.7. The molecule has 1 N–H and O–H groups in total. The molecule has 28 heavy (non-hydrogen) atoms. The number of carbonyl (C=O) groups excluding carboxylic acids is 2. The molecule has 1 aromatic carbocycles. The summed E-state index contributed by atoms with van der Waals surface area (Å²) in [6.07, 6.45) is 1.75. The Morgan fingerprint density at radius 1 is 1.00 bits per heavy atom. The summed E-state index contributed by atoms with van der Waals surface area (Å²) in [4.78, 5) is 31.9. The number of nitrogens with zero attached hydrogens (tertiary/aromatic N) is 3. The van der Waals surface area contributed by atoms with Crippen molar-refractivity contribution in [2.45, 2.75) is 26.9 Å². The highest BCUT2D eigenvalue weighted by atomic mass is 16.5. The van der Waals surface area contributed by atoms with Gasteiger partial charge in [-0.3, -0.25) is 14.6 Å². The van der Waals surface area contributed by atoms with Crippen molar-refractivity contribution in [1.82, 2.24) is 14.8 Å². The number of rotatable bonds is 5. The predicted molar refractivity (Wildman–Crippen MR) is 108 cm³/mol. The van der Waals surface area contributed by atoms with Crippen molar-refractivity contribution in [1.29, 1.82) is 0 Å². The molecular formula is C21H26N4O3. The number of aromatic nitrogens is 1. The third-order valence-corrected chi connectivity index (χ3v) is 4.51. The number of carbonyl (C=O) groups is 2. The number of ether oxygens (including phenoxy) is 1. The Labute approximate surface area is 165 Å². The molecule has 2 heterocycles. The molecule has 0 radical (unpaired) electrons. The molecule has 3 rings (SSSR count). The highest BCUT2D eigenvalue weighted by molar-refractivity contribution is 5.93. The zero-order valence-corrected chi connectivity index (χ0v) is 16.5. The first-order chi connectivity index (χ1) is 13.4. The maximum absolute atomic E-state index is 12.7. The van der Waals surface area contributed by atoms with Gasteiger partial charge in [0, 0.05) is 50.7 Å². The van der Waals surface area contributed by atoms with E-state index in [0.29, 0.717) is 31.9 Å². The molecule has 1 fully saturated rings. The summed E-state index contributed by atoms with van der Waals surface area (Å²) >= 11 is 0. The smallest absolute Gasteiger partial charge is 0.272 e. The van der Waals surface area contributed by atoms with Gasteiger partial charge >= 0.3 is 0 Å². The van der Waals surface area contributed by atoms with Crippen LogP contribution < -0.4 is 10.1 Å². The van der Waals surface area contributed by atoms with Gasteiger partial charge in [-0.15, -0.1) is 0 Å². The molecule has 0 atom stereocenters. The largest absolute Gasteiger partial charge is 0.491 e. The van der Waals surface area contributed by atoms with Crippen LogP contribution in [-0.2, 0) is 4.79 Å². The third-order valence-electron chi connectivity index (χ3n) is 4.51. The minimum absolute atomic E-state index is 0.0428. The molecule has 0 saturated carbocycles. The van der Waals surface area contributed by atoms with E-state index in [4.69, 9.17) is 4.74 Å². The summed E-state index contributed by atoms with van der Waals surface area (Å²) in [6, 6.07) is 11.2. The van der Waals surface area contributed by atoms with E-state index in [1.165, 1.54) is 0 Å². The van der Waals surface area contributed by atoms with Gasteiger partial charge in [-0.2, -0.15) is 0 Å². The van der Waals surface area contributed by atoms with Crippen LogP contribution in [-0.4, -0.2) is 58.9 Å². The molecule has 0 unspecified atom stereocenters. The van der Waals surface area contributed by atoms with Crippen molar-refractivity contribution in [3.05, 3.63) is 48.3 Å². The first-order valence-electron chi connectivity index (χ1n) is 9.47. The molecule has 0 spiro atoms. The minimum atomic E-state index is -0.118. The lowest BCUT2D eigenvalue weighted by Gasteiger charge is -2.34. The second kappa shape index (κ2) is 8.73. The Bertz CT molecular complexity index is 828. The van der Waals surface area contributed by atoms with Crippen LogP contribution in [0.25, 0.3) is 0 Å². The SMILES string of the molecule is CC(=O)N1CCN(C(=O)c2cc(Nc3ccc(OC(C)C)cc3)ccn2)CC1. The summed E-state index contributed by atoms with van der Waals surface area (Å²) in [6.45, 7) is 7.69. The van der Waals surface area contributed by atoms with Crippen molar-refractivity contribution in [3.8, 4) is 5.75 Å². The van der Waals surface area contributed by atoms with Gasteiger partial charge in [0.25, 0.3) is 5.91 Å². The topological polar surface area (TPSA) is 74.8 Å². The zero-order valence-electron chi connectivity index (χ0n) is 16.5. The molecule has 2 amide bonds. The first-order valence-corrected chi connectivity index (χ1v) is 9.47. The van der Waals surface area contributed by atoms with Gasteiger partial charge < -0.3 is 19.9 Å². The number of nitrogens with one attached hydrogen (secondary N) is 1. The molecule has 1 aliphatic heterocycles. The predicted octanol–water partition coefficient (Wildman–Crippen LogP) is 2.92. The lowest BCUT2D eigenvalue weighted by atomic mass is 10.2. The van der Waals surface area contributed by atoms with E-state index in [0.717, 1.165) is 17.1 Å². The van der Waals surface area contributed by atoms with Crippen molar-refractivity contribution in [2.75, 3.05) is 31.5 Å². The summed E-state index contributed by atoms with van der Waals surface area (Å²) in [5, 5.41) is 3.29. The number of pyridine rings is 1. The van der Waals surface area contributed by atoms with E-state index in [1.54, 1.807) is 29.0 Å². The van der Waals surface area contributed by atoms with Gasteiger partial charge in [-0.25, -0.2) is 0 Å². The highest BCUT2D eigenvalue weighted by Crippen LogP contribution is 2.21. The van der Waals surface area contributed by atoms with Crippen LogP contribution >= 0.6 is 0 Å². The maximum atomic E-state index is 12.7. The number of piperazine rings is 1. The number of hydrogen-bond donors (Lipinski definition) is 1. The monoisotopic (exact) mass is 382 g/mol. The Balaban J connectivity index is 1.64. The van der Waals surface area contributed by atoms with E-state index in [2.05, 4.69) is 10.3 Å². The fourth-order valence-electron chi connectivity index (χ4n) is 3.07. The van der Waals surface area contributed by atoms with Crippen LogP contribution in [0.3, 0.4) is 0 Å². The Hall–Kier alpha value is -3.09. The molecule has 2 aromatic rings. The number of amides is 2. The molecule has 1 saturated heterocycles. The molecule has 7 heteroatoms. The van der Waals surface area contributed by atoms with Gasteiger partial charge in [0.2, 0.25) is 5.91 Å². The molecule has 7 nitrogen and oxygen atoms in total. The summed E-state index contributed by atoms with van der Waals surface area (Å²) in [5.41, 5.74) is 2.08. The third kappa shape index (κ3) is 5.00. The van der Waals surface area contributed by atoms with Gasteiger partial charge in [0.15, 0.2) is 0 Å². The Morgan fingerprint density at radius 3 is 2.25 bits per heavy atom. The van der Waals surface area contributed by atoms with Gasteiger partial charge in [-0.05, 0) is 50.2 Å². The van der Waals surface area contributed by atoms with E-state index in [-0.39, 0.29) is 17.9 Å². The number of anilines is 2. The van der Waals surface area contributed by atoms with E-state index >= 15 is 0 Å². The zero-order chi connectivity index (χ0) is 20.1. The van der Waals surface area contributed by atoms with E-state index in [9.17, 15) is 9.59 Å². The van der Waals surface area contributed by atoms with Crippen LogP contribution in [0.4, 0.5) is 11.4 Å². The molecule has 148 valence electrons. The molecule has 0 aliphatic carbocycles. The van der Waals surface area contributed by atoms with Crippen LogP contribution in [0.5, 0.6) is 5.75 Å². The number of hydrogen-bond acceptors (Lipinski definition) is 5. The molecular weight excluding hydrogens is 356 g/mol. The standard InChI is InChI=1S/C21H26N4O3/c1-15(2)28-19-6-4-17(5-7-19)23-18-8-9-22-20(14-18)21(27)25-12-10-24(11-13-25)16(3)26/h4-9,14-15H,10-13H2,1-3H3,(H,22,23). The Morgan fingerprint density at radius 2 is 1.64 bits per heavy atom. The lowest BCUT2D eigenvalue weighted by molar-refractivity contribution is -0.130. The van der Waals surface area contributed by atoms with Gasteiger partial charge in [0.05, 0.1) is 6.10 Å². The number of benzene rings is 1. The van der Waals surface area contributed by atoms with Crippen molar-refractivity contribution >= 4 is 23.2 Å². The van der Waals surface area contributed by atoms with E-state index < -0.39 is 0 Å². The fraction of sp³-hybridized carbons (Fsp3) is 0.381. The summed E-state index contributed by atoms with van der Waals surface area (Å²) < 4.78 is 5.65. The molecule has 0 bridgehead atoms. The minimum Gasteiger partial charge on any atom is -0.491 e. The van der Waals surface area contributed by atoms with Crippen LogP contribution in [0.2, 0.25) is 0 Å². The molecule has 1 aliphatic rings. The average molecular weight is 382 g/mol. The average Bonchev–Trinajstić information content (AvgIpc) is 2.69. The van der Waals surface area contributed by atoms with Crippen LogP contribution in [0.1, 0.15) is 31.3 Å². The fourth-order valence-corrected chi connectivity index (χ4v) is 3.07. The molecule has 1 aromatic heterocycles. The van der Waals surface area contributed by atoms with Crippen LogP contribution in [0.15, 0.2) is 42.6 Å². The van der Waals surface area contributed by atoms with Crippen molar-refractivity contribution in [3.63, 3.8) is 0 Å². The lowest BCUT2D eigenvalue weighted by Crippen LogP contribution is -2.50.